The molecule has 0 amide bonds. The minimum absolute atomic E-state index is 0.235. The van der Waals surface area contributed by atoms with Crippen molar-refractivity contribution in [2.75, 3.05) is 6.61 Å². The number of carbonyl (C=O) groups excluding carboxylic acids is 2. The van der Waals surface area contributed by atoms with Gasteiger partial charge in [0.15, 0.2) is 6.61 Å². The topological polar surface area (TPSA) is 56.3 Å². The molecule has 28 heavy (non-hydrogen) atoms. The summed E-state index contributed by atoms with van der Waals surface area (Å²) in [6.45, 7) is 1.89. The second-order valence-corrected chi connectivity index (χ2v) is 8.11. The van der Waals surface area contributed by atoms with E-state index in [1.807, 2.05) is 30.3 Å². The number of ether oxygens (including phenoxy) is 1. The van der Waals surface area contributed by atoms with E-state index in [4.69, 9.17) is 9.72 Å². The van der Waals surface area contributed by atoms with Crippen LogP contribution in [0.1, 0.15) is 45.3 Å². The minimum Gasteiger partial charge on any atom is -0.454 e. The van der Waals surface area contributed by atoms with Crippen LogP contribution in [-0.4, -0.2) is 23.3 Å². The molecule has 1 aromatic heterocycles. The van der Waals surface area contributed by atoms with E-state index in [2.05, 4.69) is 22.9 Å². The van der Waals surface area contributed by atoms with Crippen LogP contribution in [0.5, 0.6) is 0 Å². The fraction of sp³-hybridized carbons (Fsp3) is 0.261. The van der Waals surface area contributed by atoms with Crippen molar-refractivity contribution in [3.63, 3.8) is 0 Å². The van der Waals surface area contributed by atoms with Crippen molar-refractivity contribution < 1.29 is 14.3 Å². The number of esters is 1. The summed E-state index contributed by atoms with van der Waals surface area (Å²) in [5, 5.41) is 0.786. The summed E-state index contributed by atoms with van der Waals surface area (Å²) in [6.07, 6.45) is 2.72. The van der Waals surface area contributed by atoms with Gasteiger partial charge in [-0.05, 0) is 42.9 Å². The van der Waals surface area contributed by atoms with E-state index in [0.29, 0.717) is 21.5 Å². The highest BCUT2D eigenvalue weighted by atomic mass is 79.9. The lowest BCUT2D eigenvalue weighted by Gasteiger charge is -2.24. The van der Waals surface area contributed by atoms with E-state index in [-0.39, 0.29) is 12.4 Å². The lowest BCUT2D eigenvalue weighted by atomic mass is 9.84. The molecule has 0 N–H and O–H groups in total. The van der Waals surface area contributed by atoms with Gasteiger partial charge in [0.25, 0.3) is 0 Å². The molecule has 1 aliphatic carbocycles. The van der Waals surface area contributed by atoms with Crippen LogP contribution >= 0.6 is 15.9 Å². The molecular weight excluding hydrogens is 418 g/mol. The molecule has 1 unspecified atom stereocenters. The quantitative estimate of drug-likeness (QED) is 0.417. The average molecular weight is 438 g/mol. The van der Waals surface area contributed by atoms with Gasteiger partial charge in [0, 0.05) is 21.1 Å². The van der Waals surface area contributed by atoms with Crippen LogP contribution in [-0.2, 0) is 17.6 Å². The third kappa shape index (κ3) is 3.59. The maximum atomic E-state index is 13.0. The van der Waals surface area contributed by atoms with Crippen LogP contribution in [0.4, 0.5) is 0 Å². The predicted molar refractivity (Wildman–Crippen MR) is 112 cm³/mol. The lowest BCUT2D eigenvalue weighted by Crippen LogP contribution is -2.21. The molecule has 3 aromatic rings. The van der Waals surface area contributed by atoms with Crippen molar-refractivity contribution in [1.29, 1.82) is 0 Å². The van der Waals surface area contributed by atoms with Crippen LogP contribution in [0.2, 0.25) is 0 Å². The largest absolute Gasteiger partial charge is 0.454 e. The number of hydrogen-bond donors (Lipinski definition) is 0. The molecule has 4 rings (SSSR count). The number of aryl methyl sites for hydroxylation is 1. The zero-order valence-corrected chi connectivity index (χ0v) is 17.2. The monoisotopic (exact) mass is 437 g/mol. The molecular formula is C23H20BrNO3. The van der Waals surface area contributed by atoms with Gasteiger partial charge in [0.05, 0.1) is 11.1 Å². The number of pyridine rings is 1. The number of fused-ring (bicyclic) bond motifs is 2. The second-order valence-electron chi connectivity index (χ2n) is 7.26. The van der Waals surface area contributed by atoms with Gasteiger partial charge < -0.3 is 4.74 Å². The summed E-state index contributed by atoms with van der Waals surface area (Å²) in [6, 6.07) is 14.8. The van der Waals surface area contributed by atoms with Crippen LogP contribution in [0.25, 0.3) is 10.9 Å². The van der Waals surface area contributed by atoms with Crippen LogP contribution < -0.4 is 0 Å². The first-order chi connectivity index (χ1) is 13.5. The van der Waals surface area contributed by atoms with Gasteiger partial charge in [-0.1, -0.05) is 59.3 Å². The smallest absolute Gasteiger partial charge is 0.339 e. The van der Waals surface area contributed by atoms with Crippen molar-refractivity contribution >= 4 is 38.6 Å². The number of hydrogen-bond acceptors (Lipinski definition) is 4. The number of rotatable bonds is 4. The highest BCUT2D eigenvalue weighted by Crippen LogP contribution is 2.32. The molecule has 4 nitrogen and oxygen atoms in total. The van der Waals surface area contributed by atoms with Gasteiger partial charge in [-0.2, -0.15) is 0 Å². The van der Waals surface area contributed by atoms with Crippen molar-refractivity contribution in [1.82, 2.24) is 4.98 Å². The standard InChI is InChI=1S/C23H20BrNO3/c1-14-10-11-20-17(12-14)22(16-7-3-5-9-19(16)25-20)23(27)28-13-21(26)15-6-2-4-8-18(15)24/h2-9,14H,10-13H2,1H3. The first-order valence-corrected chi connectivity index (χ1v) is 10.2. The predicted octanol–water partition coefficient (Wildman–Crippen LogP) is 5.16. The fourth-order valence-electron chi connectivity index (χ4n) is 3.76. The molecule has 0 radical (unpaired) electrons. The highest BCUT2D eigenvalue weighted by molar-refractivity contribution is 9.10. The number of carbonyl (C=O) groups is 2. The second kappa shape index (κ2) is 7.84. The van der Waals surface area contributed by atoms with Gasteiger partial charge in [0.2, 0.25) is 5.78 Å². The van der Waals surface area contributed by atoms with Gasteiger partial charge in [0.1, 0.15) is 0 Å². The number of para-hydroxylation sites is 1. The van der Waals surface area contributed by atoms with Crippen molar-refractivity contribution in [3.05, 3.63) is 75.4 Å². The maximum Gasteiger partial charge on any atom is 0.339 e. The Morgan fingerprint density at radius 1 is 1.14 bits per heavy atom. The lowest BCUT2D eigenvalue weighted by molar-refractivity contribution is 0.0475. The van der Waals surface area contributed by atoms with Gasteiger partial charge >= 0.3 is 5.97 Å². The van der Waals surface area contributed by atoms with Crippen LogP contribution in [0.3, 0.4) is 0 Å². The summed E-state index contributed by atoms with van der Waals surface area (Å²) < 4.78 is 6.16. The summed E-state index contributed by atoms with van der Waals surface area (Å²) in [5.41, 5.74) is 3.80. The van der Waals surface area contributed by atoms with E-state index < -0.39 is 5.97 Å². The van der Waals surface area contributed by atoms with E-state index in [0.717, 1.165) is 41.4 Å². The van der Waals surface area contributed by atoms with Gasteiger partial charge in [-0.3, -0.25) is 9.78 Å². The van der Waals surface area contributed by atoms with Crippen LogP contribution in [0, 0.1) is 5.92 Å². The highest BCUT2D eigenvalue weighted by Gasteiger charge is 2.26. The van der Waals surface area contributed by atoms with Crippen molar-refractivity contribution in [3.8, 4) is 0 Å². The number of nitrogens with zero attached hydrogens (tertiary/aromatic N) is 1. The molecule has 0 saturated heterocycles. The molecule has 5 heteroatoms. The van der Waals surface area contributed by atoms with E-state index in [1.165, 1.54) is 0 Å². The summed E-state index contributed by atoms with van der Waals surface area (Å²) in [4.78, 5) is 30.3. The average Bonchev–Trinajstić information content (AvgIpc) is 2.70. The Balaban J connectivity index is 1.66. The maximum absolute atomic E-state index is 13.0. The molecule has 0 fully saturated rings. The number of halogens is 1. The normalized spacial score (nSPS) is 15.9. The van der Waals surface area contributed by atoms with E-state index in [9.17, 15) is 9.59 Å². The third-order valence-corrected chi connectivity index (χ3v) is 5.91. The first kappa shape index (κ1) is 18.8. The Morgan fingerprint density at radius 2 is 1.89 bits per heavy atom. The zero-order chi connectivity index (χ0) is 19.7. The van der Waals surface area contributed by atoms with Crippen molar-refractivity contribution in [2.45, 2.75) is 26.2 Å². The Bertz CT molecular complexity index is 1080. The van der Waals surface area contributed by atoms with Gasteiger partial charge in [-0.15, -0.1) is 0 Å². The van der Waals surface area contributed by atoms with Crippen LogP contribution in [0.15, 0.2) is 53.0 Å². The summed E-state index contributed by atoms with van der Waals surface area (Å²) >= 11 is 3.37. The van der Waals surface area contributed by atoms with Crippen molar-refractivity contribution in [2.24, 2.45) is 5.92 Å². The number of aromatic nitrogens is 1. The Kier molecular flexibility index (Phi) is 5.27. The molecule has 2 aromatic carbocycles. The molecule has 0 spiro atoms. The fourth-order valence-corrected chi connectivity index (χ4v) is 4.27. The molecule has 1 atom stereocenters. The first-order valence-electron chi connectivity index (χ1n) is 9.40. The minimum atomic E-state index is -0.454. The number of Topliss-reactive ketones (excluding diaryl/α,β-unsaturated/α-hetero) is 1. The third-order valence-electron chi connectivity index (χ3n) is 5.22. The SMILES string of the molecule is CC1CCc2nc3ccccc3c(C(=O)OCC(=O)c3ccccc3Br)c2C1. The molecule has 1 heterocycles. The van der Waals surface area contributed by atoms with E-state index in [1.54, 1.807) is 18.2 Å². The Labute approximate surface area is 172 Å². The molecule has 0 aliphatic heterocycles. The molecule has 142 valence electrons. The number of benzene rings is 2. The summed E-state index contributed by atoms with van der Waals surface area (Å²) in [7, 11) is 0. The Hall–Kier alpha value is -2.53. The van der Waals surface area contributed by atoms with Gasteiger partial charge in [-0.25, -0.2) is 4.79 Å². The Morgan fingerprint density at radius 3 is 2.71 bits per heavy atom. The summed E-state index contributed by atoms with van der Waals surface area (Å²) in [5.74, 6) is -0.199. The molecule has 1 aliphatic rings. The number of ketones is 1. The molecule has 0 bridgehead atoms. The van der Waals surface area contributed by atoms with E-state index >= 15 is 0 Å². The molecule has 0 saturated carbocycles. The zero-order valence-electron chi connectivity index (χ0n) is 15.6.